The Bertz CT molecular complexity index is 641. The molecular formula is C20H30N4O2S. The lowest BCUT2D eigenvalue weighted by Crippen LogP contribution is -2.41. The maximum atomic E-state index is 11.4. The Hall–Kier alpha value is -1.41. The summed E-state index contributed by atoms with van der Waals surface area (Å²) >= 11 is 1.85. The summed E-state index contributed by atoms with van der Waals surface area (Å²) in [6, 6.07) is 6.65. The highest BCUT2D eigenvalue weighted by atomic mass is 32.2. The van der Waals surface area contributed by atoms with Crippen LogP contribution in [0.2, 0.25) is 0 Å². The van der Waals surface area contributed by atoms with E-state index in [1.807, 2.05) is 24.3 Å². The molecule has 1 aromatic rings. The average Bonchev–Trinajstić information content (AvgIpc) is 2.70. The molecule has 0 radical (unpaired) electrons. The van der Waals surface area contributed by atoms with Crippen LogP contribution in [-0.4, -0.2) is 59.4 Å². The third-order valence-electron chi connectivity index (χ3n) is 5.70. The minimum absolute atomic E-state index is 0.341. The van der Waals surface area contributed by atoms with Crippen molar-refractivity contribution in [2.75, 3.05) is 25.5 Å². The van der Waals surface area contributed by atoms with E-state index in [-0.39, 0.29) is 0 Å². The number of hydrogen-bond donors (Lipinski definition) is 2. The van der Waals surface area contributed by atoms with Crippen LogP contribution in [0.4, 0.5) is 5.69 Å². The number of aldehydes is 2. The SMILES string of the molecule is CN(SN1CCC(N)CC1)C1CCC(Nc2cccc(C=O)c2C=O)CC1. The molecule has 0 unspecified atom stereocenters. The van der Waals surface area contributed by atoms with Crippen molar-refractivity contribution in [3.05, 3.63) is 29.3 Å². The summed E-state index contributed by atoms with van der Waals surface area (Å²) in [6.07, 6.45) is 8.04. The maximum absolute atomic E-state index is 11.4. The fourth-order valence-electron chi connectivity index (χ4n) is 3.95. The summed E-state index contributed by atoms with van der Waals surface area (Å²) in [6.45, 7) is 2.13. The van der Waals surface area contributed by atoms with Crippen molar-refractivity contribution >= 4 is 30.4 Å². The van der Waals surface area contributed by atoms with Gasteiger partial charge in [-0.1, -0.05) is 12.1 Å². The van der Waals surface area contributed by atoms with E-state index in [4.69, 9.17) is 5.73 Å². The molecule has 6 nitrogen and oxygen atoms in total. The lowest BCUT2D eigenvalue weighted by molar-refractivity contribution is 0.109. The first-order valence-electron chi connectivity index (χ1n) is 9.82. The molecule has 1 saturated heterocycles. The molecule has 2 fully saturated rings. The van der Waals surface area contributed by atoms with Crippen LogP contribution in [0.25, 0.3) is 0 Å². The lowest BCUT2D eigenvalue weighted by Gasteiger charge is -2.38. The number of carbonyl (C=O) groups is 2. The Kier molecular flexibility index (Phi) is 7.29. The van der Waals surface area contributed by atoms with Gasteiger partial charge < -0.3 is 11.1 Å². The number of nitrogens with one attached hydrogen (secondary N) is 1. The molecule has 7 heteroatoms. The first kappa shape index (κ1) is 20.3. The second kappa shape index (κ2) is 9.68. The lowest BCUT2D eigenvalue weighted by atomic mass is 9.91. The third-order valence-corrected chi connectivity index (χ3v) is 6.85. The molecule has 0 atom stereocenters. The van der Waals surface area contributed by atoms with Crippen LogP contribution in [0.3, 0.4) is 0 Å². The first-order valence-corrected chi connectivity index (χ1v) is 10.5. The van der Waals surface area contributed by atoms with E-state index in [2.05, 4.69) is 21.0 Å². The average molecular weight is 391 g/mol. The van der Waals surface area contributed by atoms with Gasteiger partial charge in [-0.2, -0.15) is 0 Å². The van der Waals surface area contributed by atoms with Gasteiger partial charge in [-0.3, -0.25) is 9.59 Å². The van der Waals surface area contributed by atoms with Crippen molar-refractivity contribution < 1.29 is 9.59 Å². The van der Waals surface area contributed by atoms with Crippen LogP contribution in [0, 0.1) is 0 Å². The third kappa shape index (κ3) is 5.31. The Morgan fingerprint density at radius 3 is 2.44 bits per heavy atom. The molecule has 27 heavy (non-hydrogen) atoms. The number of piperidine rings is 1. The van der Waals surface area contributed by atoms with E-state index >= 15 is 0 Å². The largest absolute Gasteiger partial charge is 0.382 e. The van der Waals surface area contributed by atoms with Gasteiger partial charge in [0, 0.05) is 60.2 Å². The highest BCUT2D eigenvalue weighted by molar-refractivity contribution is 7.94. The zero-order valence-electron chi connectivity index (χ0n) is 16.0. The Morgan fingerprint density at radius 1 is 1.11 bits per heavy atom. The van der Waals surface area contributed by atoms with Crippen LogP contribution in [0.5, 0.6) is 0 Å². The molecule has 3 N–H and O–H groups in total. The van der Waals surface area contributed by atoms with Gasteiger partial charge in [0.25, 0.3) is 0 Å². The topological polar surface area (TPSA) is 78.7 Å². The van der Waals surface area contributed by atoms with E-state index in [0.29, 0.717) is 29.3 Å². The molecule has 3 rings (SSSR count). The maximum Gasteiger partial charge on any atom is 0.152 e. The Labute approximate surface area is 166 Å². The van der Waals surface area contributed by atoms with Gasteiger partial charge in [0.2, 0.25) is 0 Å². The zero-order chi connectivity index (χ0) is 19.2. The quantitative estimate of drug-likeness (QED) is 0.547. The number of hydrogen-bond acceptors (Lipinski definition) is 7. The van der Waals surface area contributed by atoms with Gasteiger partial charge in [-0.15, -0.1) is 0 Å². The van der Waals surface area contributed by atoms with Crippen molar-refractivity contribution in [1.29, 1.82) is 0 Å². The van der Waals surface area contributed by atoms with Gasteiger partial charge in [0.05, 0.1) is 0 Å². The van der Waals surface area contributed by atoms with Crippen molar-refractivity contribution in [2.24, 2.45) is 5.73 Å². The van der Waals surface area contributed by atoms with Crippen molar-refractivity contribution in [3.63, 3.8) is 0 Å². The normalized spacial score (nSPS) is 24.7. The summed E-state index contributed by atoms with van der Waals surface area (Å²) in [7, 11) is 2.19. The Morgan fingerprint density at radius 2 is 1.81 bits per heavy atom. The summed E-state index contributed by atoms with van der Waals surface area (Å²) in [5, 5.41) is 3.48. The number of rotatable bonds is 7. The molecule has 1 aromatic carbocycles. The van der Waals surface area contributed by atoms with Gasteiger partial charge in [0.15, 0.2) is 12.6 Å². The van der Waals surface area contributed by atoms with Crippen LogP contribution < -0.4 is 11.1 Å². The monoisotopic (exact) mass is 390 g/mol. The number of nitrogens with zero attached hydrogens (tertiary/aromatic N) is 2. The molecule has 0 amide bonds. The first-order chi connectivity index (χ1) is 13.1. The standard InChI is InChI=1S/C20H30N4O2S/c1-23(27-24-11-9-16(21)10-12-24)18-7-5-17(6-8-18)22-20-4-2-3-15(13-25)19(20)14-26/h2-4,13-14,16-18,22H,5-12,21H2,1H3. The molecule has 1 saturated carbocycles. The minimum atomic E-state index is 0.341. The minimum Gasteiger partial charge on any atom is -0.382 e. The predicted octanol–water partition coefficient (Wildman–Crippen LogP) is 2.95. The molecule has 2 aliphatic rings. The molecule has 1 heterocycles. The molecule has 148 valence electrons. The van der Waals surface area contributed by atoms with Crippen LogP contribution in [0.15, 0.2) is 18.2 Å². The van der Waals surface area contributed by atoms with Crippen LogP contribution in [-0.2, 0) is 0 Å². The van der Waals surface area contributed by atoms with E-state index in [1.165, 1.54) is 0 Å². The molecule has 0 aromatic heterocycles. The van der Waals surface area contributed by atoms with Gasteiger partial charge in [0.1, 0.15) is 0 Å². The van der Waals surface area contributed by atoms with Crippen LogP contribution >= 0.6 is 12.1 Å². The summed E-state index contributed by atoms with van der Waals surface area (Å²) in [5.74, 6) is 0. The Balaban J connectivity index is 1.49. The highest BCUT2D eigenvalue weighted by Crippen LogP contribution is 2.31. The van der Waals surface area contributed by atoms with Crippen molar-refractivity contribution in [1.82, 2.24) is 8.61 Å². The van der Waals surface area contributed by atoms with E-state index in [0.717, 1.165) is 69.9 Å². The summed E-state index contributed by atoms with van der Waals surface area (Å²) in [4.78, 5) is 22.5. The summed E-state index contributed by atoms with van der Waals surface area (Å²) < 4.78 is 4.83. The van der Waals surface area contributed by atoms with Gasteiger partial charge in [-0.25, -0.2) is 8.61 Å². The van der Waals surface area contributed by atoms with E-state index in [1.54, 1.807) is 6.07 Å². The second-order valence-corrected chi connectivity index (χ2v) is 8.84. The fraction of sp³-hybridized carbons (Fsp3) is 0.600. The predicted molar refractivity (Wildman–Crippen MR) is 111 cm³/mol. The van der Waals surface area contributed by atoms with E-state index in [9.17, 15) is 9.59 Å². The van der Waals surface area contributed by atoms with Crippen LogP contribution in [0.1, 0.15) is 59.2 Å². The van der Waals surface area contributed by atoms with Crippen molar-refractivity contribution in [3.8, 4) is 0 Å². The molecule has 1 aliphatic heterocycles. The second-order valence-electron chi connectivity index (χ2n) is 7.59. The highest BCUT2D eigenvalue weighted by Gasteiger charge is 2.27. The summed E-state index contributed by atoms with van der Waals surface area (Å²) in [5.41, 5.74) is 7.67. The number of carbonyl (C=O) groups excluding carboxylic acids is 2. The number of benzene rings is 1. The number of anilines is 1. The van der Waals surface area contributed by atoms with Crippen molar-refractivity contribution in [2.45, 2.75) is 56.7 Å². The van der Waals surface area contributed by atoms with Gasteiger partial charge >= 0.3 is 0 Å². The van der Waals surface area contributed by atoms with Gasteiger partial charge in [-0.05, 0) is 51.6 Å². The number of nitrogens with two attached hydrogens (primary N) is 1. The van der Waals surface area contributed by atoms with E-state index < -0.39 is 0 Å². The molecular weight excluding hydrogens is 360 g/mol. The molecule has 1 aliphatic carbocycles. The zero-order valence-corrected chi connectivity index (χ0v) is 16.8. The fourth-order valence-corrected chi connectivity index (χ4v) is 5.04. The smallest absolute Gasteiger partial charge is 0.152 e. The molecule has 0 spiro atoms. The molecule has 0 bridgehead atoms.